The van der Waals surface area contributed by atoms with Crippen LogP contribution in [0.5, 0.6) is 0 Å². The second-order valence-electron chi connectivity index (χ2n) is 9.32. The van der Waals surface area contributed by atoms with Gasteiger partial charge in [-0.05, 0) is 36.8 Å². The van der Waals surface area contributed by atoms with Crippen LogP contribution in [0.4, 0.5) is 0 Å². The Hall–Kier alpha value is -2.88. The minimum Gasteiger partial charge on any atom is -0.355 e. The first-order valence-corrected chi connectivity index (χ1v) is 12.2. The fourth-order valence-corrected chi connectivity index (χ4v) is 5.45. The van der Waals surface area contributed by atoms with Crippen molar-refractivity contribution in [1.29, 1.82) is 0 Å². The van der Waals surface area contributed by atoms with Gasteiger partial charge in [0.25, 0.3) is 5.91 Å². The zero-order valence-corrected chi connectivity index (χ0v) is 18.7. The summed E-state index contributed by atoms with van der Waals surface area (Å²) in [5.41, 5.74) is 3.73. The number of hydrogen-bond acceptors (Lipinski definition) is 3. The van der Waals surface area contributed by atoms with Crippen LogP contribution in [0.15, 0.2) is 65.2 Å². The summed E-state index contributed by atoms with van der Waals surface area (Å²) in [5.74, 6) is 0.708. The Kier molecular flexibility index (Phi) is 6.38. The lowest BCUT2D eigenvalue weighted by Crippen LogP contribution is -2.48. The largest absolute Gasteiger partial charge is 0.355 e. The van der Waals surface area contributed by atoms with Gasteiger partial charge in [0.05, 0.1) is 0 Å². The Morgan fingerprint density at radius 1 is 0.719 bits per heavy atom. The molecule has 0 spiro atoms. The second kappa shape index (κ2) is 9.72. The van der Waals surface area contributed by atoms with Crippen molar-refractivity contribution in [2.45, 2.75) is 76.3 Å². The summed E-state index contributed by atoms with van der Waals surface area (Å²) in [6.45, 7) is 0. The van der Waals surface area contributed by atoms with Gasteiger partial charge in [-0.1, -0.05) is 98.3 Å². The van der Waals surface area contributed by atoms with E-state index in [0.717, 1.165) is 36.8 Å². The molecular weight excluding hydrogens is 396 g/mol. The molecule has 4 nitrogen and oxygen atoms in total. The zero-order chi connectivity index (χ0) is 21.8. The lowest BCUT2D eigenvalue weighted by molar-refractivity contribution is 0.0438. The molecule has 0 radical (unpaired) electrons. The fraction of sp³-hybridized carbons (Fsp3) is 0.429. The molecule has 32 heavy (non-hydrogen) atoms. The molecule has 0 bridgehead atoms. The van der Waals surface area contributed by atoms with Gasteiger partial charge in [-0.3, -0.25) is 4.79 Å². The smallest absolute Gasteiger partial charge is 0.276 e. The van der Waals surface area contributed by atoms with Gasteiger partial charge in [-0.15, -0.1) is 0 Å². The van der Waals surface area contributed by atoms with Crippen molar-refractivity contribution in [2.24, 2.45) is 0 Å². The standard InChI is InChI=1S/C28H32N2O2/c31-28(30(24-12-6-2-7-13-24)25-14-8-3-9-15-25)26-20-27(32-29-26)23-18-16-22(17-19-23)21-10-4-1-5-11-21/h1,4-5,10-11,16-20,24-25H,2-3,6-9,12-15H2. The fourth-order valence-electron chi connectivity index (χ4n) is 5.45. The topological polar surface area (TPSA) is 46.3 Å². The van der Waals surface area contributed by atoms with Gasteiger partial charge in [0.2, 0.25) is 0 Å². The molecule has 0 unspecified atom stereocenters. The minimum absolute atomic E-state index is 0.0553. The molecule has 2 aliphatic carbocycles. The summed E-state index contributed by atoms with van der Waals surface area (Å²) < 4.78 is 5.64. The number of nitrogens with zero attached hydrogens (tertiary/aromatic N) is 2. The van der Waals surface area contributed by atoms with E-state index in [2.05, 4.69) is 34.3 Å². The molecule has 0 atom stereocenters. The van der Waals surface area contributed by atoms with Crippen LogP contribution < -0.4 is 0 Å². The van der Waals surface area contributed by atoms with Crippen LogP contribution in [0.25, 0.3) is 22.5 Å². The van der Waals surface area contributed by atoms with Gasteiger partial charge in [0, 0.05) is 23.7 Å². The highest BCUT2D eigenvalue weighted by Crippen LogP contribution is 2.32. The molecular formula is C28H32N2O2. The Labute approximate surface area is 190 Å². The Balaban J connectivity index is 1.36. The first-order chi connectivity index (χ1) is 15.8. The van der Waals surface area contributed by atoms with Crippen molar-refractivity contribution in [3.05, 3.63) is 66.4 Å². The molecule has 1 heterocycles. The van der Waals surface area contributed by atoms with E-state index in [1.165, 1.54) is 44.1 Å². The number of aromatic nitrogens is 1. The number of amides is 1. The van der Waals surface area contributed by atoms with E-state index < -0.39 is 0 Å². The molecule has 2 saturated carbocycles. The van der Waals surface area contributed by atoms with Gasteiger partial charge < -0.3 is 9.42 Å². The van der Waals surface area contributed by atoms with Crippen LogP contribution >= 0.6 is 0 Å². The van der Waals surface area contributed by atoms with Crippen molar-refractivity contribution in [3.63, 3.8) is 0 Å². The molecule has 0 aliphatic heterocycles. The summed E-state index contributed by atoms with van der Waals surface area (Å²) in [6, 6.07) is 21.1. The van der Waals surface area contributed by atoms with Crippen molar-refractivity contribution >= 4 is 5.91 Å². The number of hydrogen-bond donors (Lipinski definition) is 0. The maximum atomic E-state index is 13.6. The molecule has 4 heteroatoms. The van der Waals surface area contributed by atoms with E-state index in [1.807, 2.05) is 36.4 Å². The summed E-state index contributed by atoms with van der Waals surface area (Å²) in [6.07, 6.45) is 11.9. The summed E-state index contributed by atoms with van der Waals surface area (Å²) in [4.78, 5) is 15.8. The third-order valence-corrected chi connectivity index (χ3v) is 7.18. The molecule has 0 N–H and O–H groups in total. The maximum Gasteiger partial charge on any atom is 0.276 e. The van der Waals surface area contributed by atoms with E-state index >= 15 is 0 Å². The van der Waals surface area contributed by atoms with Crippen molar-refractivity contribution in [2.75, 3.05) is 0 Å². The van der Waals surface area contributed by atoms with E-state index in [9.17, 15) is 4.79 Å². The molecule has 2 aliphatic rings. The predicted octanol–water partition coefficient (Wildman–Crippen LogP) is 7.12. The first-order valence-electron chi connectivity index (χ1n) is 12.2. The highest BCUT2D eigenvalue weighted by Gasteiger charge is 2.34. The van der Waals surface area contributed by atoms with E-state index in [0.29, 0.717) is 23.5 Å². The van der Waals surface area contributed by atoms with Crippen LogP contribution in [0, 0.1) is 0 Å². The first kappa shape index (κ1) is 21.0. The van der Waals surface area contributed by atoms with E-state index in [4.69, 9.17) is 4.52 Å². The highest BCUT2D eigenvalue weighted by molar-refractivity contribution is 5.93. The third kappa shape index (κ3) is 4.50. The Bertz CT molecular complexity index is 995. The summed E-state index contributed by atoms with van der Waals surface area (Å²) >= 11 is 0. The van der Waals surface area contributed by atoms with Crippen molar-refractivity contribution in [1.82, 2.24) is 10.1 Å². The maximum absolute atomic E-state index is 13.6. The minimum atomic E-state index is 0.0553. The van der Waals surface area contributed by atoms with Crippen LogP contribution in [0.1, 0.15) is 74.7 Å². The third-order valence-electron chi connectivity index (χ3n) is 7.18. The normalized spacial score (nSPS) is 17.9. The molecule has 5 rings (SSSR count). The number of rotatable bonds is 5. The Morgan fingerprint density at radius 2 is 1.25 bits per heavy atom. The molecule has 2 aromatic carbocycles. The number of carbonyl (C=O) groups is 1. The average Bonchev–Trinajstić information content (AvgIpc) is 3.37. The van der Waals surface area contributed by atoms with Crippen molar-refractivity contribution in [3.8, 4) is 22.5 Å². The van der Waals surface area contributed by atoms with Crippen LogP contribution in [-0.2, 0) is 0 Å². The van der Waals surface area contributed by atoms with Crippen LogP contribution in [0.2, 0.25) is 0 Å². The Morgan fingerprint density at radius 3 is 1.84 bits per heavy atom. The second-order valence-corrected chi connectivity index (χ2v) is 9.32. The van der Waals surface area contributed by atoms with Gasteiger partial charge in [-0.25, -0.2) is 0 Å². The van der Waals surface area contributed by atoms with E-state index in [1.54, 1.807) is 0 Å². The van der Waals surface area contributed by atoms with Gasteiger partial charge in [0.15, 0.2) is 11.5 Å². The average molecular weight is 429 g/mol. The molecule has 0 saturated heterocycles. The molecule has 3 aromatic rings. The van der Waals surface area contributed by atoms with Crippen molar-refractivity contribution < 1.29 is 9.32 Å². The molecule has 1 amide bonds. The number of carbonyl (C=O) groups excluding carboxylic acids is 1. The highest BCUT2D eigenvalue weighted by atomic mass is 16.5. The van der Waals surface area contributed by atoms with E-state index in [-0.39, 0.29) is 5.91 Å². The van der Waals surface area contributed by atoms with Crippen LogP contribution in [-0.4, -0.2) is 28.0 Å². The lowest BCUT2D eigenvalue weighted by Gasteiger charge is -2.41. The van der Waals surface area contributed by atoms with Gasteiger partial charge in [-0.2, -0.15) is 0 Å². The zero-order valence-electron chi connectivity index (χ0n) is 18.7. The molecule has 1 aromatic heterocycles. The molecule has 166 valence electrons. The lowest BCUT2D eigenvalue weighted by atomic mass is 9.88. The SMILES string of the molecule is O=C(c1cc(-c2ccc(-c3ccccc3)cc2)on1)N(C1CCCCC1)C1CCCCC1. The van der Waals surface area contributed by atoms with Gasteiger partial charge >= 0.3 is 0 Å². The monoisotopic (exact) mass is 428 g/mol. The summed E-state index contributed by atoms with van der Waals surface area (Å²) in [5, 5.41) is 4.22. The summed E-state index contributed by atoms with van der Waals surface area (Å²) in [7, 11) is 0. The predicted molar refractivity (Wildman–Crippen MR) is 127 cm³/mol. The molecule has 2 fully saturated rings. The quantitative estimate of drug-likeness (QED) is 0.435. The number of benzene rings is 2. The van der Waals surface area contributed by atoms with Crippen LogP contribution in [0.3, 0.4) is 0 Å². The van der Waals surface area contributed by atoms with Gasteiger partial charge in [0.1, 0.15) is 0 Å².